The molecule has 0 radical (unpaired) electrons. The molecule has 1 aliphatic carbocycles. The molecule has 0 amide bonds. The van der Waals surface area contributed by atoms with Crippen LogP contribution in [0, 0.1) is 0 Å². The molecule has 0 aromatic heterocycles. The maximum absolute atomic E-state index is 11.3. The van der Waals surface area contributed by atoms with Crippen LogP contribution in [0.15, 0.2) is 22.3 Å². The topological polar surface area (TPSA) is 57.1 Å². The maximum Gasteiger partial charge on any atom is 0.191 e. The van der Waals surface area contributed by atoms with Crippen molar-refractivity contribution >= 4 is 22.3 Å². The van der Waals surface area contributed by atoms with Gasteiger partial charge in [0.1, 0.15) is 0 Å². The summed E-state index contributed by atoms with van der Waals surface area (Å²) in [6, 6.07) is 0.575. The number of hydrogen-bond donors (Lipinski definition) is 1. The molecule has 0 aliphatic heterocycles. The zero-order chi connectivity index (χ0) is 12.8. The molecular formula is C11H20N4OS. The fourth-order valence-electron chi connectivity index (χ4n) is 1.49. The van der Waals surface area contributed by atoms with Crippen molar-refractivity contribution in [2.75, 3.05) is 26.9 Å². The summed E-state index contributed by atoms with van der Waals surface area (Å²) >= 11 is 0. The molecule has 1 N–H and O–H groups in total. The molecule has 5 nitrogen and oxygen atoms in total. The van der Waals surface area contributed by atoms with Gasteiger partial charge >= 0.3 is 0 Å². The van der Waals surface area contributed by atoms with Gasteiger partial charge in [-0.3, -0.25) is 14.2 Å². The average Bonchev–Trinajstić information content (AvgIpc) is 3.08. The lowest BCUT2D eigenvalue weighted by molar-refractivity contribution is 0.450. The van der Waals surface area contributed by atoms with Gasteiger partial charge in [0.25, 0.3) is 0 Å². The van der Waals surface area contributed by atoms with Gasteiger partial charge in [0.05, 0.1) is 23.7 Å². The Bertz CT molecular complexity index is 360. The lowest BCUT2D eigenvalue weighted by Crippen LogP contribution is -2.34. The van der Waals surface area contributed by atoms with Gasteiger partial charge in [0, 0.05) is 32.1 Å². The highest BCUT2D eigenvalue weighted by atomic mass is 32.2. The van der Waals surface area contributed by atoms with Crippen LogP contribution in [0.5, 0.6) is 0 Å². The highest BCUT2D eigenvalue weighted by molar-refractivity contribution is 7.99. The monoisotopic (exact) mass is 256 g/mol. The SMILES string of the molecule is C=C(CN(C=NC)C1CC1)NC(=NC)S(C)=O. The number of nitrogens with zero attached hydrogens (tertiary/aromatic N) is 3. The van der Waals surface area contributed by atoms with Crippen LogP contribution in [0.1, 0.15) is 12.8 Å². The number of aliphatic imine (C=N–C) groups is 2. The predicted octanol–water partition coefficient (Wildman–Crippen LogP) is 0.577. The highest BCUT2D eigenvalue weighted by Gasteiger charge is 2.27. The normalized spacial score (nSPS) is 18.2. The van der Waals surface area contributed by atoms with Crippen molar-refractivity contribution in [2.24, 2.45) is 9.98 Å². The number of amidine groups is 1. The van der Waals surface area contributed by atoms with Crippen LogP contribution in [0.4, 0.5) is 0 Å². The molecule has 0 saturated heterocycles. The average molecular weight is 256 g/mol. The molecule has 0 aromatic rings. The lowest BCUT2D eigenvalue weighted by atomic mass is 10.4. The zero-order valence-corrected chi connectivity index (χ0v) is 11.5. The zero-order valence-electron chi connectivity index (χ0n) is 10.6. The molecule has 96 valence electrons. The molecular weight excluding hydrogens is 236 g/mol. The third-order valence-corrected chi connectivity index (χ3v) is 3.24. The Hall–Kier alpha value is -1.17. The summed E-state index contributed by atoms with van der Waals surface area (Å²) in [6.45, 7) is 4.59. The number of rotatable bonds is 5. The van der Waals surface area contributed by atoms with E-state index < -0.39 is 10.8 Å². The Morgan fingerprint density at radius 1 is 1.59 bits per heavy atom. The van der Waals surface area contributed by atoms with Crippen molar-refractivity contribution < 1.29 is 4.21 Å². The van der Waals surface area contributed by atoms with E-state index in [4.69, 9.17) is 0 Å². The molecule has 0 bridgehead atoms. The Labute approximate surface area is 105 Å². The fourth-order valence-corrected chi connectivity index (χ4v) is 2.03. The van der Waals surface area contributed by atoms with Crippen molar-refractivity contribution in [1.82, 2.24) is 10.2 Å². The Balaban J connectivity index is 2.50. The van der Waals surface area contributed by atoms with Gasteiger partial charge in [-0.15, -0.1) is 0 Å². The van der Waals surface area contributed by atoms with Crippen LogP contribution in [0.3, 0.4) is 0 Å². The Morgan fingerprint density at radius 3 is 2.65 bits per heavy atom. The summed E-state index contributed by atoms with van der Waals surface area (Å²) in [6.07, 6.45) is 5.83. The standard InChI is InChI=1S/C11H20N4OS/c1-9(14-11(13-3)17(4)16)7-15(8-12-2)10-5-6-10/h8,10H,1,5-7H2,2-4H3,(H,13,14). The van der Waals surface area contributed by atoms with Crippen molar-refractivity contribution in [3.8, 4) is 0 Å². The number of nitrogens with one attached hydrogen (secondary N) is 1. The van der Waals surface area contributed by atoms with E-state index in [-0.39, 0.29) is 0 Å². The smallest absolute Gasteiger partial charge is 0.191 e. The van der Waals surface area contributed by atoms with Gasteiger partial charge in [-0.2, -0.15) is 0 Å². The second-order valence-electron chi connectivity index (χ2n) is 3.99. The minimum Gasteiger partial charge on any atom is -0.354 e. The van der Waals surface area contributed by atoms with E-state index in [0.717, 1.165) is 5.70 Å². The summed E-state index contributed by atoms with van der Waals surface area (Å²) < 4.78 is 11.3. The first-order valence-electron chi connectivity index (χ1n) is 5.51. The second-order valence-corrected chi connectivity index (χ2v) is 5.28. The molecule has 1 aliphatic rings. The van der Waals surface area contributed by atoms with Crippen LogP contribution in [0.2, 0.25) is 0 Å². The third-order valence-electron chi connectivity index (χ3n) is 2.41. The van der Waals surface area contributed by atoms with Gasteiger partial charge in [-0.1, -0.05) is 6.58 Å². The molecule has 1 atom stereocenters. The van der Waals surface area contributed by atoms with E-state index in [9.17, 15) is 4.21 Å². The first kappa shape index (κ1) is 13.9. The van der Waals surface area contributed by atoms with E-state index in [1.165, 1.54) is 12.8 Å². The molecule has 1 fully saturated rings. The third kappa shape index (κ3) is 4.68. The largest absolute Gasteiger partial charge is 0.354 e. The molecule has 1 unspecified atom stereocenters. The highest BCUT2D eigenvalue weighted by Crippen LogP contribution is 2.25. The minimum atomic E-state index is -1.11. The second kappa shape index (κ2) is 6.54. The summed E-state index contributed by atoms with van der Waals surface area (Å²) in [5.41, 5.74) is 0.785. The van der Waals surface area contributed by atoms with Crippen molar-refractivity contribution in [1.29, 1.82) is 0 Å². The first-order valence-corrected chi connectivity index (χ1v) is 7.07. The van der Waals surface area contributed by atoms with Crippen molar-refractivity contribution in [3.05, 3.63) is 12.3 Å². The van der Waals surface area contributed by atoms with Gasteiger partial charge in [0.2, 0.25) is 0 Å². The molecule has 0 spiro atoms. The van der Waals surface area contributed by atoms with Crippen molar-refractivity contribution in [3.63, 3.8) is 0 Å². The van der Waals surface area contributed by atoms with Crippen LogP contribution < -0.4 is 5.32 Å². The van der Waals surface area contributed by atoms with E-state index in [0.29, 0.717) is 17.8 Å². The Morgan fingerprint density at radius 2 is 2.24 bits per heavy atom. The number of hydrogen-bond acceptors (Lipinski definition) is 3. The molecule has 17 heavy (non-hydrogen) atoms. The molecule has 0 heterocycles. The molecule has 1 saturated carbocycles. The van der Waals surface area contributed by atoms with Gasteiger partial charge in [-0.05, 0) is 12.8 Å². The molecule has 1 rings (SSSR count). The summed E-state index contributed by atoms with van der Waals surface area (Å²) in [7, 11) is 2.26. The van der Waals surface area contributed by atoms with E-state index in [1.54, 1.807) is 20.4 Å². The van der Waals surface area contributed by atoms with E-state index in [2.05, 4.69) is 26.8 Å². The van der Waals surface area contributed by atoms with E-state index in [1.807, 2.05) is 6.34 Å². The van der Waals surface area contributed by atoms with Gasteiger partial charge in [0.15, 0.2) is 5.17 Å². The predicted molar refractivity (Wildman–Crippen MR) is 73.8 cm³/mol. The first-order chi connectivity index (χ1) is 8.08. The van der Waals surface area contributed by atoms with Gasteiger partial charge in [-0.25, -0.2) is 0 Å². The quantitative estimate of drug-likeness (QED) is 0.578. The van der Waals surface area contributed by atoms with Crippen LogP contribution in [-0.4, -0.2) is 53.6 Å². The summed E-state index contributed by atoms with van der Waals surface area (Å²) in [5, 5.41) is 3.45. The van der Waals surface area contributed by atoms with Crippen molar-refractivity contribution in [2.45, 2.75) is 18.9 Å². The van der Waals surface area contributed by atoms with E-state index >= 15 is 0 Å². The molecule has 0 aromatic carbocycles. The maximum atomic E-state index is 11.3. The summed E-state index contributed by atoms with van der Waals surface area (Å²) in [5.74, 6) is 0. The minimum absolute atomic E-state index is 0.458. The fraction of sp³-hybridized carbons (Fsp3) is 0.636. The van der Waals surface area contributed by atoms with Crippen LogP contribution in [-0.2, 0) is 10.8 Å². The lowest BCUT2D eigenvalue weighted by Gasteiger charge is -2.20. The molecule has 6 heteroatoms. The van der Waals surface area contributed by atoms with Crippen LogP contribution in [0.25, 0.3) is 0 Å². The van der Waals surface area contributed by atoms with Crippen LogP contribution >= 0.6 is 0 Å². The van der Waals surface area contributed by atoms with Gasteiger partial charge < -0.3 is 10.2 Å². The Kier molecular flexibility index (Phi) is 5.34. The summed E-state index contributed by atoms with van der Waals surface area (Å²) in [4.78, 5) is 10.1.